The van der Waals surface area contributed by atoms with E-state index in [1.165, 1.54) is 0 Å². The Balaban J connectivity index is 2.32. The summed E-state index contributed by atoms with van der Waals surface area (Å²) in [4.78, 5) is 13.4. The normalized spacial score (nSPS) is 15.8. The molecule has 0 N–H and O–H groups in total. The Morgan fingerprint density at radius 2 is 2.38 bits per heavy atom. The fourth-order valence-electron chi connectivity index (χ4n) is 1.85. The number of halogens is 1. The molecule has 0 radical (unpaired) electrons. The molecule has 1 aliphatic heterocycles. The third kappa shape index (κ3) is 1.89. The van der Waals surface area contributed by atoms with Crippen LogP contribution in [0.5, 0.6) is 0 Å². The lowest BCUT2D eigenvalue weighted by molar-refractivity contribution is -0.117. The van der Waals surface area contributed by atoms with Crippen LogP contribution >= 0.6 is 11.6 Å². The first-order chi connectivity index (χ1) is 7.61. The van der Waals surface area contributed by atoms with Crippen molar-refractivity contribution in [2.75, 3.05) is 11.4 Å². The fourth-order valence-corrected chi connectivity index (χ4v) is 2.01. The van der Waals surface area contributed by atoms with Crippen LogP contribution in [-0.4, -0.2) is 12.5 Å². The van der Waals surface area contributed by atoms with Crippen molar-refractivity contribution in [1.82, 2.24) is 0 Å². The van der Waals surface area contributed by atoms with Crippen molar-refractivity contribution in [3.63, 3.8) is 0 Å². The lowest BCUT2D eigenvalue weighted by Gasteiger charge is -2.18. The van der Waals surface area contributed by atoms with Gasteiger partial charge in [-0.3, -0.25) is 4.79 Å². The van der Waals surface area contributed by atoms with Gasteiger partial charge in [0.05, 0.1) is 18.4 Å². The molecule has 82 valence electrons. The van der Waals surface area contributed by atoms with E-state index in [2.05, 4.69) is 6.07 Å². The second-order valence-electron chi connectivity index (χ2n) is 3.98. The topological polar surface area (TPSA) is 44.1 Å². The van der Waals surface area contributed by atoms with E-state index in [0.29, 0.717) is 18.0 Å². The highest BCUT2D eigenvalue weighted by atomic mass is 35.5. The Bertz CT molecular complexity index is 478. The maximum Gasteiger partial charge on any atom is 0.231 e. The first-order valence-corrected chi connectivity index (χ1v) is 5.48. The Morgan fingerprint density at radius 1 is 1.62 bits per heavy atom. The standard InChI is InChI=1S/C12H11ClN2O/c1-8(6-14)7-15-11-5-10(13)3-2-9(11)4-12(15)16/h2-3,5,8H,4,7H2,1H3. The molecule has 1 aromatic rings. The van der Waals surface area contributed by atoms with E-state index in [1.54, 1.807) is 24.0 Å². The first kappa shape index (κ1) is 11.0. The predicted octanol–water partition coefficient (Wildman–Crippen LogP) is 2.39. The van der Waals surface area contributed by atoms with Gasteiger partial charge in [-0.05, 0) is 24.6 Å². The second-order valence-corrected chi connectivity index (χ2v) is 4.42. The fraction of sp³-hybridized carbons (Fsp3) is 0.333. The van der Waals surface area contributed by atoms with E-state index >= 15 is 0 Å². The van der Waals surface area contributed by atoms with Crippen LogP contribution in [-0.2, 0) is 11.2 Å². The van der Waals surface area contributed by atoms with E-state index in [4.69, 9.17) is 16.9 Å². The average molecular weight is 235 g/mol. The molecule has 0 fully saturated rings. The Kier molecular flexibility index (Phi) is 2.84. The smallest absolute Gasteiger partial charge is 0.231 e. The molecule has 1 atom stereocenters. The molecular weight excluding hydrogens is 224 g/mol. The van der Waals surface area contributed by atoms with Crippen molar-refractivity contribution < 1.29 is 4.79 Å². The summed E-state index contributed by atoms with van der Waals surface area (Å²) >= 11 is 5.90. The van der Waals surface area contributed by atoms with Gasteiger partial charge >= 0.3 is 0 Å². The van der Waals surface area contributed by atoms with E-state index in [9.17, 15) is 4.79 Å². The minimum absolute atomic E-state index is 0.0411. The van der Waals surface area contributed by atoms with Crippen LogP contribution in [0.15, 0.2) is 18.2 Å². The van der Waals surface area contributed by atoms with Crippen molar-refractivity contribution in [3.8, 4) is 6.07 Å². The summed E-state index contributed by atoms with van der Waals surface area (Å²) in [6, 6.07) is 7.56. The molecule has 1 unspecified atom stereocenters. The summed E-state index contributed by atoms with van der Waals surface area (Å²) < 4.78 is 0. The van der Waals surface area contributed by atoms with Crippen LogP contribution in [0.1, 0.15) is 12.5 Å². The molecule has 1 aliphatic rings. The number of rotatable bonds is 2. The third-order valence-corrected chi connectivity index (χ3v) is 2.89. The number of fused-ring (bicyclic) bond motifs is 1. The molecule has 3 nitrogen and oxygen atoms in total. The first-order valence-electron chi connectivity index (χ1n) is 5.10. The number of anilines is 1. The molecule has 1 aromatic carbocycles. The molecule has 0 saturated carbocycles. The molecule has 1 heterocycles. The van der Waals surface area contributed by atoms with Gasteiger partial charge in [0.15, 0.2) is 0 Å². The average Bonchev–Trinajstić information content (AvgIpc) is 2.55. The molecule has 0 saturated heterocycles. The Labute approximate surface area is 99.2 Å². The van der Waals surface area contributed by atoms with Gasteiger partial charge in [0.2, 0.25) is 5.91 Å². The van der Waals surface area contributed by atoms with Crippen molar-refractivity contribution in [3.05, 3.63) is 28.8 Å². The van der Waals surface area contributed by atoms with Crippen LogP contribution in [0.3, 0.4) is 0 Å². The Hall–Kier alpha value is -1.53. The zero-order valence-electron chi connectivity index (χ0n) is 8.90. The number of benzene rings is 1. The number of nitrogens with zero attached hydrogens (tertiary/aromatic N) is 2. The summed E-state index contributed by atoms with van der Waals surface area (Å²) in [6.45, 7) is 2.23. The van der Waals surface area contributed by atoms with Gasteiger partial charge in [0.1, 0.15) is 0 Å². The molecule has 0 aliphatic carbocycles. The van der Waals surface area contributed by atoms with Crippen LogP contribution in [0, 0.1) is 17.2 Å². The lowest BCUT2D eigenvalue weighted by Crippen LogP contribution is -2.30. The molecule has 16 heavy (non-hydrogen) atoms. The van der Waals surface area contributed by atoms with Crippen molar-refractivity contribution in [2.24, 2.45) is 5.92 Å². The molecule has 2 rings (SSSR count). The summed E-state index contributed by atoms with van der Waals surface area (Å²) in [5.74, 6) is -0.131. The highest BCUT2D eigenvalue weighted by molar-refractivity contribution is 6.31. The van der Waals surface area contributed by atoms with E-state index in [-0.39, 0.29) is 11.8 Å². The van der Waals surface area contributed by atoms with Crippen LogP contribution in [0.4, 0.5) is 5.69 Å². The van der Waals surface area contributed by atoms with Crippen molar-refractivity contribution in [1.29, 1.82) is 5.26 Å². The van der Waals surface area contributed by atoms with Crippen LogP contribution < -0.4 is 4.90 Å². The zero-order valence-corrected chi connectivity index (χ0v) is 9.66. The molecule has 4 heteroatoms. The number of hydrogen-bond donors (Lipinski definition) is 0. The lowest BCUT2D eigenvalue weighted by atomic mass is 10.1. The molecule has 0 spiro atoms. The third-order valence-electron chi connectivity index (χ3n) is 2.66. The molecule has 0 bridgehead atoms. The van der Waals surface area contributed by atoms with Crippen LogP contribution in [0.2, 0.25) is 5.02 Å². The quantitative estimate of drug-likeness (QED) is 0.789. The second kappa shape index (κ2) is 4.15. The number of carbonyl (C=O) groups excluding carboxylic acids is 1. The van der Waals surface area contributed by atoms with Gasteiger partial charge in [0, 0.05) is 17.3 Å². The number of hydrogen-bond acceptors (Lipinski definition) is 2. The van der Waals surface area contributed by atoms with Gasteiger partial charge in [-0.1, -0.05) is 17.7 Å². The number of amides is 1. The van der Waals surface area contributed by atoms with E-state index < -0.39 is 0 Å². The minimum Gasteiger partial charge on any atom is -0.310 e. The zero-order chi connectivity index (χ0) is 11.7. The summed E-state index contributed by atoms with van der Waals surface area (Å²) in [7, 11) is 0. The van der Waals surface area contributed by atoms with Gasteiger partial charge in [-0.25, -0.2) is 0 Å². The Morgan fingerprint density at radius 3 is 3.06 bits per heavy atom. The van der Waals surface area contributed by atoms with Crippen molar-refractivity contribution in [2.45, 2.75) is 13.3 Å². The van der Waals surface area contributed by atoms with Gasteiger partial charge < -0.3 is 4.90 Å². The number of carbonyl (C=O) groups is 1. The van der Waals surface area contributed by atoms with Gasteiger partial charge in [0.25, 0.3) is 0 Å². The maximum atomic E-state index is 11.8. The summed E-state index contributed by atoms with van der Waals surface area (Å²) in [6.07, 6.45) is 0.407. The summed E-state index contributed by atoms with van der Waals surface area (Å²) in [5.41, 5.74) is 1.83. The van der Waals surface area contributed by atoms with Crippen LogP contribution in [0.25, 0.3) is 0 Å². The highest BCUT2D eigenvalue weighted by Crippen LogP contribution is 2.31. The monoisotopic (exact) mass is 234 g/mol. The maximum absolute atomic E-state index is 11.8. The molecular formula is C12H11ClN2O. The highest BCUT2D eigenvalue weighted by Gasteiger charge is 2.28. The molecule has 1 amide bonds. The SMILES string of the molecule is CC(C#N)CN1C(=O)Cc2ccc(Cl)cc21. The van der Waals surface area contributed by atoms with E-state index in [1.807, 2.05) is 6.07 Å². The molecule has 0 aromatic heterocycles. The minimum atomic E-state index is -0.172. The number of nitriles is 1. The van der Waals surface area contributed by atoms with Crippen molar-refractivity contribution >= 4 is 23.2 Å². The van der Waals surface area contributed by atoms with Gasteiger partial charge in [-0.15, -0.1) is 0 Å². The van der Waals surface area contributed by atoms with E-state index in [0.717, 1.165) is 11.3 Å². The van der Waals surface area contributed by atoms with Gasteiger partial charge in [-0.2, -0.15) is 5.26 Å². The predicted molar refractivity (Wildman–Crippen MR) is 62.3 cm³/mol. The summed E-state index contributed by atoms with van der Waals surface area (Å²) in [5, 5.41) is 9.38. The largest absolute Gasteiger partial charge is 0.310 e.